The van der Waals surface area contributed by atoms with Crippen LogP contribution in [0.25, 0.3) is 0 Å². The highest BCUT2D eigenvalue weighted by Crippen LogP contribution is 2.44. The lowest BCUT2D eigenvalue weighted by Gasteiger charge is -2.02. The Morgan fingerprint density at radius 1 is 1.40 bits per heavy atom. The van der Waals surface area contributed by atoms with Gasteiger partial charge in [-0.2, -0.15) is 0 Å². The molecule has 0 saturated heterocycles. The third-order valence-electron chi connectivity index (χ3n) is 0.373. The van der Waals surface area contributed by atoms with Gasteiger partial charge >= 0.3 is 0 Å². The second kappa shape index (κ2) is 6.61. The van der Waals surface area contributed by atoms with Gasteiger partial charge in [0.25, 0.3) is 0 Å². The maximum absolute atomic E-state index is 8.28. The largest absolute Gasteiger partial charge is 0.320 e. The molecule has 0 radical (unpaired) electrons. The Labute approximate surface area is 84.4 Å². The molecule has 0 amide bonds. The van der Waals surface area contributed by atoms with Crippen molar-refractivity contribution >= 4 is 69.4 Å². The van der Waals surface area contributed by atoms with Crippen LogP contribution < -0.4 is 0 Å². The number of hydrogen-bond acceptors (Lipinski definition) is 8. The van der Waals surface area contributed by atoms with E-state index in [4.69, 9.17) is 31.1 Å². The minimum absolute atomic E-state index is 0.677. The zero-order valence-corrected chi connectivity index (χ0v) is 10.4. The molecule has 2 nitrogen and oxygen atoms in total. The predicted molar refractivity (Wildman–Crippen MR) is 62.1 cm³/mol. The fourth-order valence-electron chi connectivity index (χ4n) is 0.0856. The molecular weight excluding hydrogens is 268 g/mol. The van der Waals surface area contributed by atoms with Gasteiger partial charge in [-0.1, -0.05) is 0 Å². The molecule has 0 bridgehead atoms. The van der Waals surface area contributed by atoms with Crippen LogP contribution in [0.15, 0.2) is 0 Å². The molecule has 1 N–H and O–H groups in total. The maximum Gasteiger partial charge on any atom is 0.0817 e. The highest BCUT2D eigenvalue weighted by molar-refractivity contribution is 9.38. The van der Waals surface area contributed by atoms with E-state index in [0.29, 0.717) is 11.1 Å². The van der Waals surface area contributed by atoms with Crippen molar-refractivity contribution in [1.29, 1.82) is 0 Å². The summed E-state index contributed by atoms with van der Waals surface area (Å²) in [5.41, 5.74) is 0. The van der Waals surface area contributed by atoms with E-state index in [0.717, 1.165) is 0 Å². The Bertz CT molecular complexity index is 158. The van der Waals surface area contributed by atoms with Crippen molar-refractivity contribution in [2.75, 3.05) is 7.11 Å². The summed E-state index contributed by atoms with van der Waals surface area (Å²) in [7, 11) is 5.34. The van der Waals surface area contributed by atoms with Crippen LogP contribution >= 0.6 is 40.6 Å². The van der Waals surface area contributed by atoms with Crippen molar-refractivity contribution in [2.24, 2.45) is 0 Å². The lowest BCUT2D eigenvalue weighted by molar-refractivity contribution is 0.491. The molecule has 0 aromatic rings. The van der Waals surface area contributed by atoms with Crippen molar-refractivity contribution in [3.05, 3.63) is 0 Å². The van der Waals surface area contributed by atoms with Crippen molar-refractivity contribution in [3.8, 4) is 0 Å². The first-order chi connectivity index (χ1) is 4.62. The quantitative estimate of drug-likeness (QED) is 0.464. The number of rotatable bonds is 5. The Kier molecular flexibility index (Phi) is 8.00. The van der Waals surface area contributed by atoms with Gasteiger partial charge in [0.1, 0.15) is 0 Å². The average molecular weight is 273 g/mol. The highest BCUT2D eigenvalue weighted by atomic mass is 33.9. The minimum Gasteiger partial charge on any atom is -0.320 e. The first-order valence-electron chi connectivity index (χ1n) is 1.76. The van der Waals surface area contributed by atoms with Crippen LogP contribution in [0.5, 0.6) is 0 Å². The summed E-state index contributed by atoms with van der Waals surface area (Å²) in [5.74, 6) is 0. The molecule has 9 heteroatoms. The van der Waals surface area contributed by atoms with Crippen LogP contribution in [-0.4, -0.2) is 11.7 Å². The molecule has 0 fully saturated rings. The molecule has 0 unspecified atom stereocenters. The maximum atomic E-state index is 8.28. The summed E-state index contributed by atoms with van der Waals surface area (Å²) < 4.78 is 13.1. The van der Waals surface area contributed by atoms with Crippen molar-refractivity contribution < 1.29 is 8.74 Å². The molecular formula is CH4O2S7. The minimum atomic E-state index is -1.79. The lowest BCUT2D eigenvalue weighted by Crippen LogP contribution is -1.87. The van der Waals surface area contributed by atoms with Gasteiger partial charge < -0.3 is 8.74 Å². The second-order valence-electron chi connectivity index (χ2n) is 0.854. The smallest absolute Gasteiger partial charge is 0.0817 e. The second-order valence-corrected chi connectivity index (χ2v) is 14.0. The fourth-order valence-corrected chi connectivity index (χ4v) is 10.9. The van der Waals surface area contributed by atoms with Gasteiger partial charge in [-0.25, -0.2) is 0 Å². The van der Waals surface area contributed by atoms with E-state index >= 15 is 0 Å². The van der Waals surface area contributed by atoms with E-state index in [1.54, 1.807) is 0 Å². The van der Waals surface area contributed by atoms with E-state index in [1.165, 1.54) is 36.6 Å². The summed E-state index contributed by atoms with van der Waals surface area (Å²) in [4.78, 5) is 0. The molecule has 0 aliphatic heterocycles. The first kappa shape index (κ1) is 12.1. The molecule has 0 heterocycles. The predicted octanol–water partition coefficient (Wildman–Crippen LogP) is 2.69. The normalized spacial score (nSPS) is 11.8. The molecule has 0 aliphatic carbocycles. The summed E-state index contributed by atoms with van der Waals surface area (Å²) in [6.07, 6.45) is 0. The van der Waals surface area contributed by atoms with Gasteiger partial charge in [0, 0.05) is 29.5 Å². The molecule has 0 aromatic heterocycles. The molecule has 10 heavy (non-hydrogen) atoms. The molecule has 0 aromatic carbocycles. The van der Waals surface area contributed by atoms with Crippen LogP contribution in [0.4, 0.5) is 0 Å². The fraction of sp³-hybridized carbons (Fsp3) is 1.00. The topological polar surface area (TPSA) is 29.5 Å². The van der Waals surface area contributed by atoms with E-state index in [1.807, 2.05) is 0 Å². The Balaban J connectivity index is 3.49. The van der Waals surface area contributed by atoms with Gasteiger partial charge in [-0.15, -0.1) is 0 Å². The average Bonchev–Trinajstić information content (AvgIpc) is 1.89. The molecule has 0 atom stereocenters. The zero-order chi connectivity index (χ0) is 8.04. The van der Waals surface area contributed by atoms with Gasteiger partial charge in [0.2, 0.25) is 0 Å². The van der Waals surface area contributed by atoms with E-state index in [2.05, 4.69) is 0 Å². The number of hydrogen-bond donors (Lipinski definition) is 1. The molecule has 0 rings (SSSR count). The Morgan fingerprint density at radius 3 is 2.40 bits per heavy atom. The van der Waals surface area contributed by atoms with Crippen molar-refractivity contribution in [2.45, 2.75) is 0 Å². The molecule has 62 valence electrons. The SMILES string of the molecule is COS(=S)(=S)SSSSO. The van der Waals surface area contributed by atoms with Crippen LogP contribution in [-0.2, 0) is 33.0 Å². The zero-order valence-electron chi connectivity index (χ0n) is 4.71. The molecule has 0 saturated carbocycles. The standard InChI is InChI=1S/CH4O2S7/c1-3-10(4,5)9-8-7-6-2/h2H,1H3. The van der Waals surface area contributed by atoms with Crippen LogP contribution in [0, 0.1) is 0 Å². The Morgan fingerprint density at radius 2 is 2.00 bits per heavy atom. The summed E-state index contributed by atoms with van der Waals surface area (Å²) in [5, 5.41) is 0. The van der Waals surface area contributed by atoms with Gasteiger partial charge in [-0.05, 0) is 22.4 Å². The van der Waals surface area contributed by atoms with Crippen LogP contribution in [0.2, 0.25) is 0 Å². The summed E-state index contributed by atoms with van der Waals surface area (Å²) in [6, 6.07) is 0. The van der Waals surface area contributed by atoms with Gasteiger partial charge in [-0.3, -0.25) is 0 Å². The van der Waals surface area contributed by atoms with Crippen LogP contribution in [0.1, 0.15) is 0 Å². The third kappa shape index (κ3) is 6.80. The Hall–Kier alpha value is 2.11. The van der Waals surface area contributed by atoms with Crippen LogP contribution in [0.3, 0.4) is 0 Å². The monoisotopic (exact) mass is 272 g/mol. The lowest BCUT2D eigenvalue weighted by atomic mass is 11.8. The van der Waals surface area contributed by atoms with Gasteiger partial charge in [0.15, 0.2) is 0 Å². The highest BCUT2D eigenvalue weighted by Gasteiger charge is 2.00. The van der Waals surface area contributed by atoms with E-state index < -0.39 is 6.46 Å². The van der Waals surface area contributed by atoms with E-state index in [9.17, 15) is 0 Å². The summed E-state index contributed by atoms with van der Waals surface area (Å²) >= 11 is 10.4. The summed E-state index contributed by atoms with van der Waals surface area (Å²) in [6.45, 7) is -1.79. The van der Waals surface area contributed by atoms with Crippen molar-refractivity contribution in [3.63, 3.8) is 0 Å². The molecule has 0 spiro atoms. The van der Waals surface area contributed by atoms with E-state index in [-0.39, 0.29) is 0 Å². The van der Waals surface area contributed by atoms with Crippen molar-refractivity contribution in [1.82, 2.24) is 0 Å². The molecule has 0 aliphatic rings. The third-order valence-corrected chi connectivity index (χ3v) is 12.4. The van der Waals surface area contributed by atoms with Gasteiger partial charge in [0.05, 0.1) is 24.6 Å². The first-order valence-corrected chi connectivity index (χ1v) is 10.5.